The van der Waals surface area contributed by atoms with Crippen molar-refractivity contribution in [1.82, 2.24) is 19.7 Å². The molecular weight excluding hydrogens is 346 g/mol. The molecule has 0 saturated carbocycles. The number of anilines is 1. The van der Waals surface area contributed by atoms with Crippen LogP contribution in [-0.2, 0) is 11.3 Å². The average molecular weight is 361 g/mol. The summed E-state index contributed by atoms with van der Waals surface area (Å²) in [4.78, 5) is 32.4. The number of para-hydroxylation sites is 1. The van der Waals surface area contributed by atoms with E-state index < -0.39 is 0 Å². The number of amides is 1. The van der Waals surface area contributed by atoms with E-state index in [0.717, 1.165) is 0 Å². The third-order valence-corrected chi connectivity index (χ3v) is 3.94. The van der Waals surface area contributed by atoms with Crippen LogP contribution in [0.4, 0.5) is 5.69 Å². The highest BCUT2D eigenvalue weighted by Gasteiger charge is 2.12. The SMILES string of the molecule is CC(=O)Nc1cccc(-c2nc(Cn3cnc4ccccc4c3=O)no2)c1. The molecule has 8 heteroatoms. The van der Waals surface area contributed by atoms with Gasteiger partial charge in [0.1, 0.15) is 0 Å². The van der Waals surface area contributed by atoms with Gasteiger partial charge in [-0.3, -0.25) is 14.2 Å². The second-order valence-electron chi connectivity index (χ2n) is 5.97. The van der Waals surface area contributed by atoms with Crippen molar-refractivity contribution in [2.24, 2.45) is 0 Å². The molecule has 2 aromatic carbocycles. The van der Waals surface area contributed by atoms with Gasteiger partial charge in [0, 0.05) is 18.2 Å². The van der Waals surface area contributed by atoms with Crippen LogP contribution in [0, 0.1) is 0 Å². The predicted octanol–water partition coefficient (Wildman–Crippen LogP) is 2.45. The van der Waals surface area contributed by atoms with E-state index in [2.05, 4.69) is 20.4 Å². The summed E-state index contributed by atoms with van der Waals surface area (Å²) < 4.78 is 6.74. The third kappa shape index (κ3) is 3.45. The normalized spacial score (nSPS) is 10.9. The van der Waals surface area contributed by atoms with Crippen LogP contribution in [0.5, 0.6) is 0 Å². The van der Waals surface area contributed by atoms with Crippen LogP contribution in [0.2, 0.25) is 0 Å². The van der Waals surface area contributed by atoms with Gasteiger partial charge in [0.15, 0.2) is 5.82 Å². The molecule has 134 valence electrons. The lowest BCUT2D eigenvalue weighted by Crippen LogP contribution is -2.21. The van der Waals surface area contributed by atoms with Crippen LogP contribution in [0.1, 0.15) is 12.7 Å². The number of hydrogen-bond acceptors (Lipinski definition) is 6. The van der Waals surface area contributed by atoms with Crippen molar-refractivity contribution in [2.45, 2.75) is 13.5 Å². The highest BCUT2D eigenvalue weighted by Crippen LogP contribution is 2.21. The standard InChI is InChI=1S/C19H15N5O3/c1-12(25)21-14-6-4-5-13(9-14)18-22-17(23-27-18)10-24-11-20-16-8-3-2-7-15(16)19(24)26/h2-9,11H,10H2,1H3,(H,21,25). The van der Waals surface area contributed by atoms with E-state index in [-0.39, 0.29) is 18.0 Å². The number of benzene rings is 2. The van der Waals surface area contributed by atoms with E-state index in [0.29, 0.717) is 33.9 Å². The number of aromatic nitrogens is 4. The zero-order valence-corrected chi connectivity index (χ0v) is 14.4. The molecule has 8 nitrogen and oxygen atoms in total. The maximum Gasteiger partial charge on any atom is 0.261 e. The lowest BCUT2D eigenvalue weighted by Gasteiger charge is -2.03. The van der Waals surface area contributed by atoms with Gasteiger partial charge in [-0.25, -0.2) is 4.98 Å². The summed E-state index contributed by atoms with van der Waals surface area (Å²) in [6, 6.07) is 14.2. The Bertz CT molecular complexity index is 1200. The number of fused-ring (bicyclic) bond motifs is 1. The van der Waals surface area contributed by atoms with Crippen LogP contribution >= 0.6 is 0 Å². The Kier molecular flexibility index (Phi) is 4.21. The molecule has 0 fully saturated rings. The van der Waals surface area contributed by atoms with Crippen molar-refractivity contribution in [1.29, 1.82) is 0 Å². The Morgan fingerprint density at radius 2 is 2.04 bits per heavy atom. The molecule has 0 atom stereocenters. The van der Waals surface area contributed by atoms with Crippen LogP contribution in [0.3, 0.4) is 0 Å². The van der Waals surface area contributed by atoms with Crippen molar-refractivity contribution in [3.8, 4) is 11.5 Å². The van der Waals surface area contributed by atoms with Gasteiger partial charge in [-0.1, -0.05) is 23.4 Å². The number of rotatable bonds is 4. The van der Waals surface area contributed by atoms with Crippen molar-refractivity contribution in [3.05, 3.63) is 71.0 Å². The molecule has 1 amide bonds. The van der Waals surface area contributed by atoms with E-state index in [9.17, 15) is 9.59 Å². The molecule has 0 unspecified atom stereocenters. The molecule has 0 aliphatic heterocycles. The smallest absolute Gasteiger partial charge is 0.261 e. The molecule has 2 aromatic heterocycles. The van der Waals surface area contributed by atoms with Gasteiger partial charge in [-0.2, -0.15) is 4.98 Å². The zero-order valence-electron chi connectivity index (χ0n) is 14.4. The summed E-state index contributed by atoms with van der Waals surface area (Å²) in [5.41, 5.74) is 1.78. The summed E-state index contributed by atoms with van der Waals surface area (Å²) in [5, 5.41) is 7.18. The third-order valence-electron chi connectivity index (χ3n) is 3.94. The second kappa shape index (κ2) is 6.83. The molecular formula is C19H15N5O3. The van der Waals surface area contributed by atoms with Gasteiger partial charge in [-0.15, -0.1) is 0 Å². The quantitative estimate of drug-likeness (QED) is 0.599. The Labute approximate surface area is 153 Å². The van der Waals surface area contributed by atoms with E-state index >= 15 is 0 Å². The first-order valence-corrected chi connectivity index (χ1v) is 8.25. The number of nitrogens with one attached hydrogen (secondary N) is 1. The fraction of sp³-hybridized carbons (Fsp3) is 0.105. The summed E-state index contributed by atoms with van der Waals surface area (Å²) in [6.45, 7) is 1.58. The molecule has 0 bridgehead atoms. The fourth-order valence-electron chi connectivity index (χ4n) is 2.74. The Morgan fingerprint density at radius 1 is 1.19 bits per heavy atom. The van der Waals surface area contributed by atoms with Crippen LogP contribution in [0.25, 0.3) is 22.4 Å². The zero-order chi connectivity index (χ0) is 18.8. The second-order valence-corrected chi connectivity index (χ2v) is 5.97. The van der Waals surface area contributed by atoms with Crippen molar-refractivity contribution in [2.75, 3.05) is 5.32 Å². The van der Waals surface area contributed by atoms with Crippen LogP contribution < -0.4 is 10.9 Å². The van der Waals surface area contributed by atoms with Gasteiger partial charge >= 0.3 is 0 Å². The minimum atomic E-state index is -0.167. The molecule has 27 heavy (non-hydrogen) atoms. The van der Waals surface area contributed by atoms with E-state index in [1.807, 2.05) is 6.07 Å². The fourth-order valence-corrected chi connectivity index (χ4v) is 2.74. The molecule has 0 radical (unpaired) electrons. The number of nitrogens with zero attached hydrogens (tertiary/aromatic N) is 4. The molecule has 0 aliphatic carbocycles. The average Bonchev–Trinajstić information content (AvgIpc) is 3.13. The monoisotopic (exact) mass is 361 g/mol. The summed E-state index contributed by atoms with van der Waals surface area (Å²) in [7, 11) is 0. The van der Waals surface area contributed by atoms with Crippen molar-refractivity contribution < 1.29 is 9.32 Å². The molecule has 0 spiro atoms. The number of hydrogen-bond donors (Lipinski definition) is 1. The Hall–Kier alpha value is -3.81. The molecule has 1 N–H and O–H groups in total. The van der Waals surface area contributed by atoms with Gasteiger partial charge in [0.05, 0.1) is 23.8 Å². The van der Waals surface area contributed by atoms with Gasteiger partial charge in [-0.05, 0) is 30.3 Å². The number of carbonyl (C=O) groups excluding carboxylic acids is 1. The predicted molar refractivity (Wildman–Crippen MR) is 99.1 cm³/mol. The van der Waals surface area contributed by atoms with E-state index in [1.165, 1.54) is 17.8 Å². The minimum absolute atomic E-state index is 0.144. The Morgan fingerprint density at radius 3 is 2.89 bits per heavy atom. The van der Waals surface area contributed by atoms with Crippen LogP contribution in [0.15, 0.2) is 64.2 Å². The summed E-state index contributed by atoms with van der Waals surface area (Å²) >= 11 is 0. The first-order chi connectivity index (χ1) is 13.1. The van der Waals surface area contributed by atoms with Gasteiger partial charge < -0.3 is 9.84 Å². The first-order valence-electron chi connectivity index (χ1n) is 8.25. The van der Waals surface area contributed by atoms with Gasteiger partial charge in [0.2, 0.25) is 5.91 Å². The van der Waals surface area contributed by atoms with E-state index in [4.69, 9.17) is 4.52 Å². The lowest BCUT2D eigenvalue weighted by atomic mass is 10.2. The highest BCUT2D eigenvalue weighted by atomic mass is 16.5. The molecule has 0 aliphatic rings. The van der Waals surface area contributed by atoms with E-state index in [1.54, 1.807) is 42.5 Å². The number of carbonyl (C=O) groups is 1. The van der Waals surface area contributed by atoms with Crippen LogP contribution in [-0.4, -0.2) is 25.6 Å². The van der Waals surface area contributed by atoms with Crippen molar-refractivity contribution >= 4 is 22.5 Å². The summed E-state index contributed by atoms with van der Waals surface area (Å²) in [6.07, 6.45) is 1.47. The molecule has 4 aromatic rings. The molecule has 0 saturated heterocycles. The highest BCUT2D eigenvalue weighted by molar-refractivity contribution is 5.89. The summed E-state index contributed by atoms with van der Waals surface area (Å²) in [5.74, 6) is 0.495. The minimum Gasteiger partial charge on any atom is -0.334 e. The Balaban J connectivity index is 1.61. The molecule has 4 rings (SSSR count). The molecule has 2 heterocycles. The topological polar surface area (TPSA) is 103 Å². The maximum atomic E-state index is 12.6. The first kappa shape index (κ1) is 16.6. The lowest BCUT2D eigenvalue weighted by molar-refractivity contribution is -0.114. The van der Waals surface area contributed by atoms with Gasteiger partial charge in [0.25, 0.3) is 11.4 Å². The maximum absolute atomic E-state index is 12.6. The largest absolute Gasteiger partial charge is 0.334 e. The van der Waals surface area contributed by atoms with Crippen molar-refractivity contribution in [3.63, 3.8) is 0 Å².